The molecule has 3 aromatic heterocycles. The molecule has 0 spiro atoms. The Balaban J connectivity index is 0.00000873. The predicted molar refractivity (Wildman–Crippen MR) is 335 cm³/mol. The van der Waals surface area contributed by atoms with Gasteiger partial charge in [-0.1, -0.05) is 224 Å². The van der Waals surface area contributed by atoms with E-state index in [0.29, 0.717) is 45.0 Å². The van der Waals surface area contributed by atoms with Gasteiger partial charge in [0, 0.05) is 48.4 Å². The molecule has 3 heterocycles. The second-order valence-electron chi connectivity index (χ2n) is 26.6. The molecule has 0 radical (unpaired) electrons. The van der Waals surface area contributed by atoms with Gasteiger partial charge in [0.25, 0.3) is 6.33 Å². The van der Waals surface area contributed by atoms with Gasteiger partial charge < -0.3 is 13.9 Å². The number of hydrogen-bond donors (Lipinski definition) is 0. The Hall–Kier alpha value is -7.33. The minimum atomic E-state index is -2.68. The van der Waals surface area contributed by atoms with Crippen LogP contribution in [0.3, 0.4) is 0 Å². The van der Waals surface area contributed by atoms with Crippen molar-refractivity contribution in [2.75, 3.05) is 0 Å². The zero-order chi connectivity index (χ0) is 63.7. The van der Waals surface area contributed by atoms with Crippen LogP contribution in [0.1, 0.15) is 148 Å². The third kappa shape index (κ3) is 11.2. The number of hydrogen-bond acceptors (Lipinski definition) is 2. The molecule has 81 heavy (non-hydrogen) atoms. The maximum absolute atomic E-state index is 9.52. The van der Waals surface area contributed by atoms with Gasteiger partial charge >= 0.3 is 0 Å². The van der Waals surface area contributed by atoms with Crippen molar-refractivity contribution in [3.63, 3.8) is 0 Å². The first-order valence-electron chi connectivity index (χ1n) is 31.7. The Kier molecular flexibility index (Phi) is 12.2. The van der Waals surface area contributed by atoms with E-state index in [1.165, 1.54) is 17.2 Å². The second kappa shape index (κ2) is 20.9. The molecule has 0 amide bonds. The van der Waals surface area contributed by atoms with Crippen molar-refractivity contribution in [2.24, 2.45) is 0 Å². The molecule has 0 aliphatic carbocycles. The molecule has 0 bridgehead atoms. The number of aryl methyl sites for hydroxylation is 1. The van der Waals surface area contributed by atoms with Crippen molar-refractivity contribution in [3.05, 3.63) is 222 Å². The van der Waals surface area contributed by atoms with Gasteiger partial charge in [0.1, 0.15) is 5.82 Å². The predicted octanol–water partition coefficient (Wildman–Crippen LogP) is 19.4. The fourth-order valence-corrected chi connectivity index (χ4v) is 10.5. The van der Waals surface area contributed by atoms with Crippen molar-refractivity contribution >= 4 is 32.8 Å². The van der Waals surface area contributed by atoms with Gasteiger partial charge in [0.2, 0.25) is 0 Å². The largest absolute Gasteiger partial charge is 0.510 e. The number of aromatic nitrogens is 4. The Morgan fingerprint density at radius 3 is 1.72 bits per heavy atom. The molecule has 414 valence electrons. The first kappa shape index (κ1) is 47.3. The fraction of sp³-hybridized carbons (Fsp3) is 0.280. The summed E-state index contributed by atoms with van der Waals surface area (Å²) < 4.78 is 85.3. The fourth-order valence-electron chi connectivity index (χ4n) is 10.5. The molecule has 11 rings (SSSR count). The quantitative estimate of drug-likeness (QED) is 0.112. The molecule has 0 fully saturated rings. The van der Waals surface area contributed by atoms with Crippen LogP contribution in [-0.2, 0) is 48.1 Å². The van der Waals surface area contributed by atoms with E-state index in [1.54, 1.807) is 6.07 Å². The van der Waals surface area contributed by atoms with Crippen LogP contribution in [0.15, 0.2) is 170 Å². The van der Waals surface area contributed by atoms with Crippen molar-refractivity contribution in [3.8, 4) is 62.1 Å². The maximum Gasteiger partial charge on any atom is 0.268 e. The van der Waals surface area contributed by atoms with Crippen LogP contribution >= 0.6 is 0 Å². The molecular formula is C75H76N4OPt-2. The van der Waals surface area contributed by atoms with Gasteiger partial charge in [0.05, 0.1) is 23.6 Å². The molecular weight excluding hydrogens is 1170 g/mol. The molecule has 0 atom stereocenters. The third-order valence-electron chi connectivity index (χ3n) is 15.3. The summed E-state index contributed by atoms with van der Waals surface area (Å²) in [4.78, 5) is 4.88. The summed E-state index contributed by atoms with van der Waals surface area (Å²) in [5.41, 5.74) is 11.4. The number of imidazole rings is 1. The van der Waals surface area contributed by atoms with E-state index in [2.05, 4.69) is 206 Å². The smallest absolute Gasteiger partial charge is 0.268 e. The number of nitrogens with zero attached hydrogens (tertiary/aromatic N) is 4. The SMILES string of the molecule is [2H]c1c([2H])c([2H])c(-c2cc(C([2H])([2H])[2H])cc(-c3cc(C(C)(C)C)cc(C(C)(C)C)c3)c2-[n+]2[c-]n(-c3[c-]c(Oc4[c-]c5c(cc4)c4ccccc4n5-c4cc(C(C)(C)C)ccn4)ccc3)c3cc(-c4cc(C(C)(C)C)cc(C(C)(C)C)c4)ccc32)c([2H])c1[2H].[Pt]. The monoisotopic (exact) mass is 1250 g/mol. The van der Waals surface area contributed by atoms with Gasteiger partial charge in [-0.05, 0) is 130 Å². The molecule has 0 aliphatic heterocycles. The number of fused-ring (bicyclic) bond motifs is 4. The zero-order valence-corrected chi connectivity index (χ0v) is 51.6. The molecule has 5 nitrogen and oxygen atoms in total. The molecule has 11 aromatic rings. The summed E-state index contributed by atoms with van der Waals surface area (Å²) >= 11 is 0. The minimum Gasteiger partial charge on any atom is -0.510 e. The van der Waals surface area contributed by atoms with Crippen LogP contribution < -0.4 is 9.30 Å². The van der Waals surface area contributed by atoms with E-state index in [9.17, 15) is 2.74 Å². The van der Waals surface area contributed by atoms with Gasteiger partial charge in [-0.2, -0.15) is 18.2 Å². The Morgan fingerprint density at radius 1 is 0.506 bits per heavy atom. The van der Waals surface area contributed by atoms with Crippen LogP contribution in [0.5, 0.6) is 11.5 Å². The number of benzene rings is 8. The Morgan fingerprint density at radius 2 is 1.10 bits per heavy atom. The van der Waals surface area contributed by atoms with E-state index < -0.39 is 37.1 Å². The van der Waals surface area contributed by atoms with E-state index in [0.717, 1.165) is 55.4 Å². The van der Waals surface area contributed by atoms with Crippen LogP contribution in [-0.4, -0.2) is 14.1 Å². The summed E-state index contributed by atoms with van der Waals surface area (Å²) in [5.74, 6) is 1.62. The summed E-state index contributed by atoms with van der Waals surface area (Å²) in [6.07, 6.45) is 5.58. The third-order valence-corrected chi connectivity index (χ3v) is 15.3. The van der Waals surface area contributed by atoms with Gasteiger partial charge in [-0.15, -0.1) is 29.7 Å². The Bertz CT molecular complexity index is 4520. The van der Waals surface area contributed by atoms with Crippen molar-refractivity contribution in [1.29, 1.82) is 0 Å². The molecule has 0 saturated carbocycles. The Labute approximate surface area is 507 Å². The minimum absolute atomic E-state index is 0. The second-order valence-corrected chi connectivity index (χ2v) is 26.6. The van der Waals surface area contributed by atoms with Gasteiger partial charge in [-0.3, -0.25) is 4.57 Å². The molecule has 0 aliphatic rings. The number of ether oxygens (including phenoxy) is 1. The van der Waals surface area contributed by atoms with Crippen LogP contribution in [0.4, 0.5) is 0 Å². The molecule has 0 unspecified atom stereocenters. The normalized spacial score (nSPS) is 14.2. The zero-order valence-electron chi connectivity index (χ0n) is 57.3. The number of rotatable bonds is 8. The summed E-state index contributed by atoms with van der Waals surface area (Å²) in [6, 6.07) is 49.2. The summed E-state index contributed by atoms with van der Waals surface area (Å²) in [7, 11) is 0. The average Bonchev–Trinajstić information content (AvgIpc) is 1.74. The van der Waals surface area contributed by atoms with Crippen LogP contribution in [0.25, 0.3) is 83.4 Å². The van der Waals surface area contributed by atoms with E-state index in [-0.39, 0.29) is 64.8 Å². The van der Waals surface area contributed by atoms with Crippen LogP contribution in [0, 0.1) is 25.3 Å². The molecule has 6 heteroatoms. The van der Waals surface area contributed by atoms with Crippen molar-refractivity contribution < 1.29 is 41.3 Å². The van der Waals surface area contributed by atoms with E-state index >= 15 is 0 Å². The van der Waals surface area contributed by atoms with E-state index in [4.69, 9.17) is 17.9 Å². The topological polar surface area (TPSA) is 35.9 Å². The maximum atomic E-state index is 9.52. The first-order valence-corrected chi connectivity index (χ1v) is 27.7. The van der Waals surface area contributed by atoms with Gasteiger partial charge in [0.15, 0.2) is 0 Å². The van der Waals surface area contributed by atoms with Gasteiger partial charge in [-0.25, -0.2) is 4.98 Å². The molecule has 8 aromatic carbocycles. The first-order chi connectivity index (χ1) is 41.0. The van der Waals surface area contributed by atoms with Crippen LogP contribution in [0.2, 0.25) is 0 Å². The summed E-state index contributed by atoms with van der Waals surface area (Å²) in [5, 5.41) is 2.05. The molecule has 0 saturated heterocycles. The van der Waals surface area contributed by atoms with Crippen molar-refractivity contribution in [1.82, 2.24) is 14.1 Å². The van der Waals surface area contributed by atoms with E-state index in [1.807, 2.05) is 57.8 Å². The summed E-state index contributed by atoms with van der Waals surface area (Å²) in [6.45, 7) is 30.0. The van der Waals surface area contributed by atoms with Crippen molar-refractivity contribution in [2.45, 2.75) is 138 Å². The average molecular weight is 1250 g/mol. The molecule has 0 N–H and O–H groups in total. The standard InChI is InChI=1S/C75H76N4O.Pt/c1-48-35-63(49-23-18-17-19-24-49)70(64(36-48)52-39-56(74(11,12)13)43-57(40-52)75(14,15)16)78-47-77(68-41-50(29-32-66(68)78)51-37-54(72(5,6)7)42-55(38-51)73(8,9)10)58-25-22-26-59(45-58)80-60-30-31-62-61-27-20-21-28-65(61)79(67(62)46-60)69-44-53(33-34-76-69)71(2,3)4;/h17-44H,1-16H3;/q-2;/i1D3,17D,18D,19D,23D,24D;. The number of pyridine rings is 1. The number of para-hydroxylation sites is 1.